The summed E-state index contributed by atoms with van der Waals surface area (Å²) in [4.78, 5) is 5.00. The third-order valence-corrected chi connectivity index (χ3v) is 6.00. The molecule has 0 unspecified atom stereocenters. The summed E-state index contributed by atoms with van der Waals surface area (Å²) in [6.45, 7) is 7.07. The predicted molar refractivity (Wildman–Crippen MR) is 110 cm³/mol. The first-order chi connectivity index (χ1) is 12.8. The van der Waals surface area contributed by atoms with Crippen molar-refractivity contribution < 1.29 is 0 Å². The lowest BCUT2D eigenvalue weighted by molar-refractivity contribution is 0.155. The van der Waals surface area contributed by atoms with E-state index in [4.69, 9.17) is 0 Å². The molecule has 1 N–H and O–H groups in total. The van der Waals surface area contributed by atoms with E-state index in [1.54, 1.807) is 11.1 Å². The number of rotatable bonds is 6. The van der Waals surface area contributed by atoms with Crippen LogP contribution in [0.2, 0.25) is 0 Å². The van der Waals surface area contributed by atoms with Gasteiger partial charge in [-0.1, -0.05) is 36.4 Å². The molecule has 0 radical (unpaired) electrons. The van der Waals surface area contributed by atoms with Crippen molar-refractivity contribution in [3.8, 4) is 0 Å². The van der Waals surface area contributed by atoms with Crippen LogP contribution in [0, 0.1) is 5.92 Å². The zero-order chi connectivity index (χ0) is 17.8. The van der Waals surface area contributed by atoms with Gasteiger partial charge in [-0.2, -0.15) is 0 Å². The van der Waals surface area contributed by atoms with E-state index in [0.29, 0.717) is 0 Å². The number of anilines is 1. The number of likely N-dealkylation sites (N-methyl/N-ethyl adjacent to an activating group) is 1. The van der Waals surface area contributed by atoms with Crippen LogP contribution >= 0.6 is 0 Å². The Morgan fingerprint density at radius 2 is 1.54 bits per heavy atom. The number of nitrogens with zero attached hydrogens (tertiary/aromatic N) is 2. The second-order valence-corrected chi connectivity index (χ2v) is 8.02. The van der Waals surface area contributed by atoms with Crippen molar-refractivity contribution in [2.24, 2.45) is 5.92 Å². The van der Waals surface area contributed by atoms with Gasteiger partial charge in [-0.3, -0.25) is 0 Å². The third-order valence-electron chi connectivity index (χ3n) is 6.00. The highest BCUT2D eigenvalue weighted by atomic mass is 15.2. The molecule has 0 bridgehead atoms. The van der Waals surface area contributed by atoms with Crippen LogP contribution in [0.3, 0.4) is 0 Å². The number of hydrogen-bond donors (Lipinski definition) is 1. The van der Waals surface area contributed by atoms with E-state index in [1.165, 1.54) is 56.8 Å². The number of piperazine rings is 1. The summed E-state index contributed by atoms with van der Waals surface area (Å²) in [5, 5.41) is 3.64. The van der Waals surface area contributed by atoms with Crippen LogP contribution in [0.4, 0.5) is 5.69 Å². The number of hydrogen-bond acceptors (Lipinski definition) is 3. The van der Waals surface area contributed by atoms with Crippen LogP contribution in [0.15, 0.2) is 48.5 Å². The molecule has 1 aliphatic heterocycles. The maximum atomic E-state index is 3.64. The van der Waals surface area contributed by atoms with E-state index in [2.05, 4.69) is 70.7 Å². The lowest BCUT2D eigenvalue weighted by Crippen LogP contribution is -2.45. The van der Waals surface area contributed by atoms with E-state index in [-0.39, 0.29) is 0 Å². The van der Waals surface area contributed by atoms with Gasteiger partial charge in [0.05, 0.1) is 0 Å². The standard InChI is InChI=1S/C23H31N3/c1-25-12-14-26(15-13-25)11-10-19-6-8-23(9-7-19)24-18-20-16-21-4-2-3-5-22(21)17-20/h2-9,20,24H,10-18H2,1H3. The molecule has 1 fully saturated rings. The minimum Gasteiger partial charge on any atom is -0.385 e. The van der Waals surface area contributed by atoms with Gasteiger partial charge in [0.25, 0.3) is 0 Å². The summed E-state index contributed by atoms with van der Waals surface area (Å²) >= 11 is 0. The number of fused-ring (bicyclic) bond motifs is 1. The van der Waals surface area contributed by atoms with Crippen molar-refractivity contribution in [1.29, 1.82) is 0 Å². The Balaban J connectivity index is 1.21. The van der Waals surface area contributed by atoms with E-state index in [1.807, 2.05) is 0 Å². The van der Waals surface area contributed by atoms with Gasteiger partial charge < -0.3 is 15.1 Å². The Kier molecular flexibility index (Phi) is 5.57. The molecule has 0 aromatic heterocycles. The molecule has 0 amide bonds. The summed E-state index contributed by atoms with van der Waals surface area (Å²) in [6.07, 6.45) is 3.58. The zero-order valence-electron chi connectivity index (χ0n) is 16.0. The van der Waals surface area contributed by atoms with Crippen LogP contribution < -0.4 is 5.32 Å². The minimum absolute atomic E-state index is 0.726. The second-order valence-electron chi connectivity index (χ2n) is 8.02. The molecule has 3 nitrogen and oxygen atoms in total. The average molecular weight is 350 g/mol. The molecular formula is C23H31N3. The molecule has 0 spiro atoms. The first-order valence-corrected chi connectivity index (χ1v) is 10.1. The second kappa shape index (κ2) is 8.24. The van der Waals surface area contributed by atoms with E-state index in [9.17, 15) is 0 Å². The number of nitrogens with one attached hydrogen (secondary N) is 1. The van der Waals surface area contributed by atoms with Crippen molar-refractivity contribution in [3.63, 3.8) is 0 Å². The Labute approximate surface area is 158 Å². The first kappa shape index (κ1) is 17.6. The van der Waals surface area contributed by atoms with Gasteiger partial charge in [-0.05, 0) is 61.1 Å². The van der Waals surface area contributed by atoms with Crippen molar-refractivity contribution >= 4 is 5.69 Å². The lowest BCUT2D eigenvalue weighted by Gasteiger charge is -2.32. The largest absolute Gasteiger partial charge is 0.385 e. The molecule has 1 heterocycles. The van der Waals surface area contributed by atoms with Crippen molar-refractivity contribution in [3.05, 3.63) is 65.2 Å². The van der Waals surface area contributed by atoms with Gasteiger partial charge in [0.1, 0.15) is 0 Å². The minimum atomic E-state index is 0.726. The Hall–Kier alpha value is -1.84. The Morgan fingerprint density at radius 1 is 0.885 bits per heavy atom. The highest BCUT2D eigenvalue weighted by molar-refractivity contribution is 5.45. The molecule has 1 saturated heterocycles. The SMILES string of the molecule is CN1CCN(CCc2ccc(NCC3Cc4ccccc4C3)cc2)CC1. The summed E-state index contributed by atoms with van der Waals surface area (Å²) in [7, 11) is 2.22. The van der Waals surface area contributed by atoms with Gasteiger partial charge >= 0.3 is 0 Å². The van der Waals surface area contributed by atoms with Crippen LogP contribution in [0.1, 0.15) is 16.7 Å². The summed E-state index contributed by atoms with van der Waals surface area (Å²) in [5.74, 6) is 0.726. The summed E-state index contributed by atoms with van der Waals surface area (Å²) < 4.78 is 0. The van der Waals surface area contributed by atoms with Gasteiger partial charge in [0, 0.05) is 45.0 Å². The Bertz CT molecular complexity index is 677. The number of benzene rings is 2. The monoisotopic (exact) mass is 349 g/mol. The fraction of sp³-hybridized carbons (Fsp3) is 0.478. The molecule has 3 heteroatoms. The van der Waals surface area contributed by atoms with Gasteiger partial charge in [-0.15, -0.1) is 0 Å². The van der Waals surface area contributed by atoms with Gasteiger partial charge in [0.15, 0.2) is 0 Å². The van der Waals surface area contributed by atoms with Gasteiger partial charge in [-0.25, -0.2) is 0 Å². The maximum absolute atomic E-state index is 3.64. The third kappa shape index (κ3) is 4.46. The zero-order valence-corrected chi connectivity index (χ0v) is 16.0. The van der Waals surface area contributed by atoms with Crippen molar-refractivity contribution in [2.75, 3.05) is 51.6 Å². The van der Waals surface area contributed by atoms with Crippen LogP contribution in [0.5, 0.6) is 0 Å². The fourth-order valence-electron chi connectivity index (χ4n) is 4.20. The molecule has 2 aliphatic rings. The molecular weight excluding hydrogens is 318 g/mol. The first-order valence-electron chi connectivity index (χ1n) is 10.1. The highest BCUT2D eigenvalue weighted by Crippen LogP contribution is 2.26. The summed E-state index contributed by atoms with van der Waals surface area (Å²) in [6, 6.07) is 18.0. The van der Waals surface area contributed by atoms with Gasteiger partial charge in [0.2, 0.25) is 0 Å². The fourth-order valence-corrected chi connectivity index (χ4v) is 4.20. The van der Waals surface area contributed by atoms with E-state index < -0.39 is 0 Å². The molecule has 26 heavy (non-hydrogen) atoms. The average Bonchev–Trinajstić information content (AvgIpc) is 3.10. The molecule has 2 aromatic rings. The van der Waals surface area contributed by atoms with E-state index in [0.717, 1.165) is 18.9 Å². The lowest BCUT2D eigenvalue weighted by atomic mass is 10.1. The summed E-state index contributed by atoms with van der Waals surface area (Å²) in [5.41, 5.74) is 5.78. The smallest absolute Gasteiger partial charge is 0.0340 e. The molecule has 1 aliphatic carbocycles. The van der Waals surface area contributed by atoms with E-state index >= 15 is 0 Å². The molecule has 0 saturated carbocycles. The molecule has 0 atom stereocenters. The van der Waals surface area contributed by atoms with Crippen LogP contribution in [0.25, 0.3) is 0 Å². The Morgan fingerprint density at radius 3 is 2.19 bits per heavy atom. The van der Waals surface area contributed by atoms with Crippen LogP contribution in [-0.2, 0) is 19.3 Å². The topological polar surface area (TPSA) is 18.5 Å². The highest BCUT2D eigenvalue weighted by Gasteiger charge is 2.20. The normalized spacial score (nSPS) is 18.8. The maximum Gasteiger partial charge on any atom is 0.0340 e. The molecule has 2 aromatic carbocycles. The molecule has 4 rings (SSSR count). The van der Waals surface area contributed by atoms with Crippen molar-refractivity contribution in [1.82, 2.24) is 9.80 Å². The quantitative estimate of drug-likeness (QED) is 0.863. The van der Waals surface area contributed by atoms with Crippen LogP contribution in [-0.4, -0.2) is 56.1 Å². The predicted octanol–water partition coefficient (Wildman–Crippen LogP) is 3.30. The molecule has 138 valence electrons. The van der Waals surface area contributed by atoms with Crippen molar-refractivity contribution in [2.45, 2.75) is 19.3 Å².